The number of Topliss-reactive ketones (excluding diaryl/α,β-unsaturated/α-hetero) is 1. The zero-order valence-electron chi connectivity index (χ0n) is 19.7. The summed E-state index contributed by atoms with van der Waals surface area (Å²) in [7, 11) is 1.99. The smallest absolute Gasteiger partial charge is 0.135 e. The largest absolute Gasteiger partial charge is 0.314 e. The van der Waals surface area contributed by atoms with E-state index < -0.39 is 0 Å². The van der Waals surface area contributed by atoms with Crippen molar-refractivity contribution in [2.24, 2.45) is 11.8 Å². The van der Waals surface area contributed by atoms with Gasteiger partial charge in [-0.3, -0.25) is 4.79 Å². The number of allylic oxidation sites excluding steroid dienone is 2. The Balaban J connectivity index is 0.00000249. The molecule has 1 N–H and O–H groups in total. The Labute approximate surface area is 198 Å². The zero-order valence-corrected chi connectivity index (χ0v) is 19.7. The van der Waals surface area contributed by atoms with E-state index in [1.54, 1.807) is 0 Å². The SMILES string of the molecule is C.C=C(/C(=C\C(CCC(C)C(=O)CC1CC1)NC)c1ccccc1)c1ccccc1.CC.[HH]. The number of ketones is 1. The molecule has 176 valence electrons. The summed E-state index contributed by atoms with van der Waals surface area (Å²) in [5.74, 6) is 1.24. The highest BCUT2D eigenvalue weighted by molar-refractivity contribution is 6.04. The third kappa shape index (κ3) is 8.59. The van der Waals surface area contributed by atoms with Crippen LogP contribution in [-0.4, -0.2) is 18.9 Å². The molecule has 0 saturated heterocycles. The zero-order chi connectivity index (χ0) is 22.6. The summed E-state index contributed by atoms with van der Waals surface area (Å²) in [5, 5.41) is 3.43. The molecule has 0 aromatic heterocycles. The first kappa shape index (κ1) is 27.6. The molecule has 0 aliphatic heterocycles. The van der Waals surface area contributed by atoms with Crippen molar-refractivity contribution in [2.75, 3.05) is 7.05 Å². The fraction of sp³-hybridized carbons (Fsp3) is 0.433. The van der Waals surface area contributed by atoms with Gasteiger partial charge in [-0.15, -0.1) is 0 Å². The van der Waals surface area contributed by atoms with Crippen molar-refractivity contribution in [2.45, 2.75) is 66.3 Å². The van der Waals surface area contributed by atoms with Crippen LogP contribution in [0.3, 0.4) is 0 Å². The highest BCUT2D eigenvalue weighted by Crippen LogP contribution is 2.34. The van der Waals surface area contributed by atoms with Crippen LogP contribution in [-0.2, 0) is 4.79 Å². The molecular weight excluding hydrogens is 390 g/mol. The number of benzene rings is 2. The number of carbonyl (C=O) groups excluding carboxylic acids is 1. The lowest BCUT2D eigenvalue weighted by Crippen LogP contribution is -2.25. The minimum Gasteiger partial charge on any atom is -0.314 e. The first-order valence-electron chi connectivity index (χ1n) is 11.8. The molecule has 2 nitrogen and oxygen atoms in total. The summed E-state index contributed by atoms with van der Waals surface area (Å²) in [6.45, 7) is 10.5. The normalized spacial score (nSPS) is 14.9. The number of likely N-dealkylation sites (N-methyl/N-ethyl adjacent to an activating group) is 1. The standard InChI is InChI=1S/C27H33NO.C2H6.CH4.H2/c1-20(27(29)18-22-15-16-22)14-17-25(28-3)19-26(24-12-8-5-9-13-24)21(2)23-10-6-4-7-11-23;1-2;;/h4-13,19-20,22,25,28H,2,14-18H2,1,3H3;1-2H3;1H4;1H/b26-19+;;;. The van der Waals surface area contributed by atoms with Crippen molar-refractivity contribution in [3.63, 3.8) is 0 Å². The fourth-order valence-corrected chi connectivity index (χ4v) is 3.69. The number of carbonyl (C=O) groups is 1. The van der Waals surface area contributed by atoms with Gasteiger partial charge in [0.2, 0.25) is 0 Å². The second-order valence-corrected chi connectivity index (χ2v) is 8.28. The first-order valence-corrected chi connectivity index (χ1v) is 11.8. The molecule has 2 aromatic carbocycles. The quantitative estimate of drug-likeness (QED) is 0.362. The van der Waals surface area contributed by atoms with Crippen molar-refractivity contribution < 1.29 is 6.22 Å². The summed E-state index contributed by atoms with van der Waals surface area (Å²) in [4.78, 5) is 12.4. The Hall–Kier alpha value is -2.45. The molecule has 2 atom stereocenters. The third-order valence-corrected chi connectivity index (χ3v) is 5.92. The Kier molecular flexibility index (Phi) is 12.6. The molecule has 0 radical (unpaired) electrons. The van der Waals surface area contributed by atoms with E-state index in [0.717, 1.165) is 36.0 Å². The highest BCUT2D eigenvalue weighted by Gasteiger charge is 2.26. The van der Waals surface area contributed by atoms with Crippen LogP contribution in [0.1, 0.15) is 72.9 Å². The maximum atomic E-state index is 12.4. The summed E-state index contributed by atoms with van der Waals surface area (Å²) in [5.41, 5.74) is 4.47. The van der Waals surface area contributed by atoms with Crippen LogP contribution >= 0.6 is 0 Å². The predicted molar refractivity (Wildman–Crippen MR) is 144 cm³/mol. The lowest BCUT2D eigenvalue weighted by molar-refractivity contribution is -0.122. The van der Waals surface area contributed by atoms with Crippen molar-refractivity contribution in [3.8, 4) is 0 Å². The average molecular weight is 436 g/mol. The van der Waals surface area contributed by atoms with E-state index in [2.05, 4.69) is 61.3 Å². The van der Waals surface area contributed by atoms with Gasteiger partial charge in [0.05, 0.1) is 0 Å². The third-order valence-electron chi connectivity index (χ3n) is 5.92. The van der Waals surface area contributed by atoms with Gasteiger partial charge < -0.3 is 5.32 Å². The van der Waals surface area contributed by atoms with Crippen LogP contribution in [0.15, 0.2) is 73.3 Å². The van der Waals surface area contributed by atoms with Crippen molar-refractivity contribution in [3.05, 3.63) is 84.4 Å². The molecule has 1 fully saturated rings. The number of nitrogens with one attached hydrogen (secondary N) is 1. The van der Waals surface area contributed by atoms with Gasteiger partial charge in [-0.2, -0.15) is 0 Å². The minimum absolute atomic E-state index is 0. The lowest BCUT2D eigenvalue weighted by atomic mass is 9.89. The van der Waals surface area contributed by atoms with Gasteiger partial charge in [0, 0.05) is 19.8 Å². The van der Waals surface area contributed by atoms with Crippen LogP contribution in [0.2, 0.25) is 0 Å². The highest BCUT2D eigenvalue weighted by atomic mass is 16.1. The number of hydrogen-bond acceptors (Lipinski definition) is 2. The van der Waals surface area contributed by atoms with E-state index in [1.807, 2.05) is 45.2 Å². The van der Waals surface area contributed by atoms with E-state index in [9.17, 15) is 4.79 Å². The van der Waals surface area contributed by atoms with Crippen LogP contribution < -0.4 is 5.32 Å². The maximum Gasteiger partial charge on any atom is 0.135 e. The monoisotopic (exact) mass is 435 g/mol. The molecular formula is C30H45NO. The molecule has 1 aliphatic carbocycles. The second kappa shape index (κ2) is 14.6. The molecule has 3 rings (SSSR count). The van der Waals surface area contributed by atoms with Gasteiger partial charge in [0.1, 0.15) is 5.78 Å². The van der Waals surface area contributed by atoms with E-state index in [4.69, 9.17) is 0 Å². The molecule has 0 spiro atoms. The van der Waals surface area contributed by atoms with E-state index in [0.29, 0.717) is 11.7 Å². The summed E-state index contributed by atoms with van der Waals surface area (Å²) in [6, 6.07) is 21.0. The Morgan fingerprint density at radius 1 is 1.03 bits per heavy atom. The van der Waals surface area contributed by atoms with Gasteiger partial charge in [-0.05, 0) is 60.9 Å². The Morgan fingerprint density at radius 3 is 2.06 bits per heavy atom. The molecule has 2 unspecified atom stereocenters. The molecule has 2 aromatic rings. The van der Waals surface area contributed by atoms with Crippen molar-refractivity contribution in [1.29, 1.82) is 0 Å². The molecule has 1 aliphatic rings. The van der Waals surface area contributed by atoms with Crippen molar-refractivity contribution in [1.82, 2.24) is 5.32 Å². The van der Waals surface area contributed by atoms with Crippen LogP contribution in [0, 0.1) is 11.8 Å². The van der Waals surface area contributed by atoms with E-state index >= 15 is 0 Å². The Morgan fingerprint density at radius 2 is 1.56 bits per heavy atom. The van der Waals surface area contributed by atoms with Gasteiger partial charge in [-0.25, -0.2) is 0 Å². The predicted octanol–water partition coefficient (Wildman–Crippen LogP) is 8.07. The fourth-order valence-electron chi connectivity index (χ4n) is 3.69. The van der Waals surface area contributed by atoms with E-state index in [1.165, 1.54) is 18.4 Å². The summed E-state index contributed by atoms with van der Waals surface area (Å²) >= 11 is 0. The van der Waals surface area contributed by atoms with Crippen LogP contribution in [0.4, 0.5) is 0 Å². The molecule has 0 bridgehead atoms. The second-order valence-electron chi connectivity index (χ2n) is 8.28. The Bertz CT molecular complexity index is 840. The first-order chi connectivity index (χ1) is 15.1. The number of hydrogen-bond donors (Lipinski definition) is 1. The minimum atomic E-state index is 0. The van der Waals surface area contributed by atoms with Gasteiger partial charge in [0.15, 0.2) is 0 Å². The average Bonchev–Trinajstić information content (AvgIpc) is 3.65. The lowest BCUT2D eigenvalue weighted by Gasteiger charge is -2.19. The van der Waals surface area contributed by atoms with Crippen LogP contribution in [0.5, 0.6) is 0 Å². The van der Waals surface area contributed by atoms with Gasteiger partial charge >= 0.3 is 0 Å². The number of rotatable bonds is 11. The molecule has 2 heteroatoms. The summed E-state index contributed by atoms with van der Waals surface area (Å²) in [6.07, 6.45) is 7.38. The summed E-state index contributed by atoms with van der Waals surface area (Å²) < 4.78 is 0. The molecule has 1 saturated carbocycles. The molecule has 0 amide bonds. The van der Waals surface area contributed by atoms with Gasteiger partial charge in [0.25, 0.3) is 0 Å². The van der Waals surface area contributed by atoms with Gasteiger partial charge in [-0.1, -0.05) is 102 Å². The topological polar surface area (TPSA) is 29.1 Å². The van der Waals surface area contributed by atoms with Crippen LogP contribution in [0.25, 0.3) is 11.1 Å². The van der Waals surface area contributed by atoms with E-state index in [-0.39, 0.29) is 20.8 Å². The van der Waals surface area contributed by atoms with Crippen molar-refractivity contribution >= 4 is 16.9 Å². The molecule has 32 heavy (non-hydrogen) atoms. The maximum absolute atomic E-state index is 12.4. The molecule has 0 heterocycles.